The third-order valence-electron chi connectivity index (χ3n) is 12.3. The van der Waals surface area contributed by atoms with Gasteiger partial charge in [-0.15, -0.1) is 0 Å². The molecule has 0 bridgehead atoms. The minimum Gasteiger partial charge on any atom is -0.328 e. The molecule has 5 aromatic carbocycles. The largest absolute Gasteiger partial charge is 0.328 e. The quantitative estimate of drug-likeness (QED) is 0.171. The first-order valence-corrected chi connectivity index (χ1v) is 19.9. The Morgan fingerprint density at radius 3 is 1.79 bits per heavy atom. The molecule has 0 saturated carbocycles. The van der Waals surface area contributed by atoms with Crippen molar-refractivity contribution in [2.24, 2.45) is 5.73 Å². The van der Waals surface area contributed by atoms with Gasteiger partial charge in [-0.05, 0) is 96.9 Å². The van der Waals surface area contributed by atoms with E-state index in [2.05, 4.69) is 138 Å². The zero-order valence-corrected chi connectivity index (χ0v) is 34.1. The van der Waals surface area contributed by atoms with E-state index in [1.807, 2.05) is 11.9 Å². The topological polar surface area (TPSA) is 78.3 Å². The number of anilines is 1. The van der Waals surface area contributed by atoms with Gasteiger partial charge in [-0.3, -0.25) is 4.79 Å². The van der Waals surface area contributed by atoms with Crippen molar-refractivity contribution < 1.29 is 0 Å². The molecule has 2 N–H and O–H groups in total. The molecule has 0 radical (unpaired) electrons. The number of nitrogens with zero attached hydrogens (tertiary/aromatic N) is 4. The Morgan fingerprint density at radius 1 is 0.690 bits per heavy atom. The number of nitrogens with two attached hydrogens (primary N) is 1. The smallest absolute Gasteiger partial charge is 0.278 e. The minimum absolute atomic E-state index is 0.176. The summed E-state index contributed by atoms with van der Waals surface area (Å²) in [5.41, 5.74) is 20.8. The van der Waals surface area contributed by atoms with Crippen molar-refractivity contribution in [1.82, 2.24) is 4.68 Å². The molecule has 0 fully saturated rings. The summed E-state index contributed by atoms with van der Waals surface area (Å²) in [6, 6.07) is 23.4. The number of allylic oxidation sites excluding steroid dienone is 2. The van der Waals surface area contributed by atoms with Gasteiger partial charge in [0.05, 0.1) is 33.9 Å². The number of pyridine rings is 1. The molecule has 1 unspecified atom stereocenters. The first kappa shape index (κ1) is 38.2. The van der Waals surface area contributed by atoms with E-state index in [-0.39, 0.29) is 5.56 Å². The number of unbranched alkanes of at least 4 members (excludes halogenated alkanes) is 1. The molecule has 6 nitrogen and oxygen atoms in total. The van der Waals surface area contributed by atoms with Gasteiger partial charge in [-0.2, -0.15) is 5.26 Å². The van der Waals surface area contributed by atoms with Gasteiger partial charge < -0.3 is 10.6 Å². The Labute approximate surface area is 340 Å². The van der Waals surface area contributed by atoms with Crippen LogP contribution in [0.1, 0.15) is 89.1 Å². The van der Waals surface area contributed by atoms with Crippen LogP contribution in [0.5, 0.6) is 0 Å². The molecular formula is C52H49N5O. The van der Waals surface area contributed by atoms with Gasteiger partial charge in [0, 0.05) is 67.7 Å². The Morgan fingerprint density at radius 2 is 1.21 bits per heavy atom. The monoisotopic (exact) mass is 759 g/mol. The normalized spacial score (nSPS) is 15.0. The summed E-state index contributed by atoms with van der Waals surface area (Å²) >= 11 is 0. The molecule has 1 atom stereocenters. The number of aromatic nitrogens is 1. The highest BCUT2D eigenvalue weighted by molar-refractivity contribution is 6.23. The van der Waals surface area contributed by atoms with Crippen molar-refractivity contribution in [3.05, 3.63) is 166 Å². The fourth-order valence-electron chi connectivity index (χ4n) is 9.36. The molecular weight excluding hydrogens is 711 g/mol. The lowest BCUT2D eigenvalue weighted by atomic mass is 9.79. The molecule has 58 heavy (non-hydrogen) atoms. The second kappa shape index (κ2) is 14.1. The van der Waals surface area contributed by atoms with E-state index >= 15 is 0 Å². The molecule has 1 aliphatic carbocycles. The first-order valence-electron chi connectivity index (χ1n) is 19.9. The molecule has 1 aromatic heterocycles. The zero-order chi connectivity index (χ0) is 41.5. The number of aryl methyl sites for hydroxylation is 3. The van der Waals surface area contributed by atoms with Crippen molar-refractivity contribution in [3.63, 3.8) is 0 Å². The van der Waals surface area contributed by atoms with Crippen LogP contribution in [-0.2, 0) is 0 Å². The Balaban J connectivity index is 0.000000469. The lowest BCUT2D eigenvalue weighted by molar-refractivity contribution is 0.574. The molecule has 6 heteroatoms. The van der Waals surface area contributed by atoms with E-state index in [0.29, 0.717) is 34.6 Å². The summed E-state index contributed by atoms with van der Waals surface area (Å²) in [7, 11) is 0. The summed E-state index contributed by atoms with van der Waals surface area (Å²) in [4.78, 5) is 17.1. The molecule has 0 saturated heterocycles. The number of para-hydroxylation sites is 1. The van der Waals surface area contributed by atoms with Crippen LogP contribution >= 0.6 is 0 Å². The molecule has 3 aliphatic rings. The third-order valence-corrected chi connectivity index (χ3v) is 12.3. The second-order valence-corrected chi connectivity index (χ2v) is 15.9. The lowest BCUT2D eigenvalue weighted by Crippen LogP contribution is -2.48. The highest BCUT2D eigenvalue weighted by atomic mass is 16.1. The molecule has 288 valence electrons. The van der Waals surface area contributed by atoms with E-state index in [0.717, 1.165) is 131 Å². The van der Waals surface area contributed by atoms with Crippen LogP contribution in [0.2, 0.25) is 0 Å². The zero-order valence-electron chi connectivity index (χ0n) is 34.1. The number of benzene rings is 5. The number of hydrogen-bond donors (Lipinski definition) is 1. The van der Waals surface area contributed by atoms with Gasteiger partial charge in [0.25, 0.3) is 5.56 Å². The summed E-state index contributed by atoms with van der Waals surface area (Å²) in [6.45, 7) is 39.8. The Kier molecular flexibility index (Phi) is 9.26. The van der Waals surface area contributed by atoms with Crippen LogP contribution in [0.15, 0.2) is 105 Å². The number of hydrogen-bond acceptors (Lipinski definition) is 5. The van der Waals surface area contributed by atoms with Crippen LogP contribution in [0.4, 0.5) is 5.69 Å². The van der Waals surface area contributed by atoms with Crippen LogP contribution < -0.4 is 26.6 Å². The predicted molar refractivity (Wildman–Crippen MR) is 248 cm³/mol. The molecule has 3 heterocycles. The maximum absolute atomic E-state index is 15.0. The average Bonchev–Trinajstić information content (AvgIpc) is 3.20. The SMILES string of the molecule is C=C1CC(=C)c2ccc3c4c(ccc1c24)C(=C)N(n1c(=C)c2ccc4c5c(cc(C)c(c1=O)c52)C(=C)N(c1c(C)cccc1C)C4=C)C3=C.CCC(N)CCCC#N. The van der Waals surface area contributed by atoms with E-state index < -0.39 is 0 Å². The van der Waals surface area contributed by atoms with Gasteiger partial charge in [-0.25, -0.2) is 9.69 Å². The van der Waals surface area contributed by atoms with E-state index in [1.165, 1.54) is 0 Å². The summed E-state index contributed by atoms with van der Waals surface area (Å²) in [5.74, 6) is 0. The highest BCUT2D eigenvalue weighted by Crippen LogP contribution is 2.49. The van der Waals surface area contributed by atoms with Gasteiger partial charge in [0.2, 0.25) is 0 Å². The number of rotatable bonds is 6. The fraction of sp³-hybridized carbons (Fsp3) is 0.192. The van der Waals surface area contributed by atoms with Crippen LogP contribution in [0.25, 0.3) is 72.8 Å². The van der Waals surface area contributed by atoms with E-state index in [4.69, 9.17) is 11.0 Å². The molecule has 6 aromatic rings. The fourth-order valence-corrected chi connectivity index (χ4v) is 9.36. The highest BCUT2D eigenvalue weighted by Gasteiger charge is 2.34. The van der Waals surface area contributed by atoms with Crippen molar-refractivity contribution in [1.29, 1.82) is 5.26 Å². The first-order chi connectivity index (χ1) is 27.7. The van der Waals surface area contributed by atoms with E-state index in [1.54, 1.807) is 4.68 Å². The second-order valence-electron chi connectivity index (χ2n) is 15.9. The third kappa shape index (κ3) is 5.45. The van der Waals surface area contributed by atoms with Gasteiger partial charge in [0.1, 0.15) is 0 Å². The molecule has 0 spiro atoms. The Hall–Kier alpha value is -6.68. The summed E-state index contributed by atoms with van der Waals surface area (Å²) in [5, 5.41) is 16.1. The van der Waals surface area contributed by atoms with E-state index in [9.17, 15) is 4.79 Å². The van der Waals surface area contributed by atoms with Gasteiger partial charge in [0.15, 0.2) is 0 Å². The lowest BCUT2D eigenvalue weighted by Gasteiger charge is -2.38. The standard InChI is InChI=1S/C45H35N3O.C7H14N2/c1-22-12-11-13-23(2)44(22)46-27(6)34-18-19-37-31(10)48(45(49)39-26(5)21-38(28(46)7)42(34)43(37)39)47-29(8)35-16-14-32-24(3)20-25(4)33-15-17-36(30(47)9)41(35)40(32)33;1-2-7(9)5-3-4-6-8/h11-19,21H,3-4,6-10,20H2,1-2,5H3;7H,2-5,9H2,1H3. The minimum atomic E-state index is -0.176. The summed E-state index contributed by atoms with van der Waals surface area (Å²) < 4.78 is 1.66. The Bertz CT molecular complexity index is 2970. The van der Waals surface area contributed by atoms with Crippen molar-refractivity contribution >= 4 is 78.5 Å². The molecule has 2 aliphatic heterocycles. The summed E-state index contributed by atoms with van der Waals surface area (Å²) in [6.07, 6.45) is 4.35. The molecule has 0 amide bonds. The predicted octanol–water partition coefficient (Wildman–Crippen LogP) is 11.3. The maximum Gasteiger partial charge on any atom is 0.278 e. The van der Waals surface area contributed by atoms with Gasteiger partial charge >= 0.3 is 0 Å². The van der Waals surface area contributed by atoms with Gasteiger partial charge in [-0.1, -0.05) is 108 Å². The van der Waals surface area contributed by atoms with Crippen LogP contribution in [0.3, 0.4) is 0 Å². The van der Waals surface area contributed by atoms with Crippen molar-refractivity contribution in [3.8, 4) is 6.07 Å². The van der Waals surface area contributed by atoms with Crippen LogP contribution in [0, 0.1) is 32.1 Å². The maximum atomic E-state index is 15.0. The molecule has 9 rings (SSSR count). The number of nitriles is 1. The van der Waals surface area contributed by atoms with Crippen LogP contribution in [-0.4, -0.2) is 10.7 Å². The van der Waals surface area contributed by atoms with Crippen molar-refractivity contribution in [2.75, 3.05) is 9.91 Å². The van der Waals surface area contributed by atoms with Crippen molar-refractivity contribution in [2.45, 2.75) is 65.8 Å². The average molecular weight is 760 g/mol.